The van der Waals surface area contributed by atoms with Gasteiger partial charge in [0.2, 0.25) is 5.91 Å². The Labute approximate surface area is 172 Å². The van der Waals surface area contributed by atoms with Crippen LogP contribution in [0.15, 0.2) is 23.2 Å². The molecule has 1 aromatic carbocycles. The molecule has 1 fully saturated rings. The molecule has 7 nitrogen and oxygen atoms in total. The number of carbonyl (C=O) groups excluding carboxylic acids is 1. The Balaban J connectivity index is 1.80. The molecule has 2 rings (SSSR count). The van der Waals surface area contributed by atoms with Crippen molar-refractivity contribution in [1.82, 2.24) is 16.0 Å². The number of nitrogens with zero attached hydrogens (tertiary/aromatic N) is 1. The van der Waals surface area contributed by atoms with E-state index in [2.05, 4.69) is 20.9 Å². The van der Waals surface area contributed by atoms with Gasteiger partial charge in [-0.2, -0.15) is 0 Å². The van der Waals surface area contributed by atoms with Crippen LogP contribution in [-0.4, -0.2) is 46.7 Å². The third kappa shape index (κ3) is 8.39. The molecule has 162 valence electrons. The molecule has 29 heavy (non-hydrogen) atoms. The largest absolute Gasteiger partial charge is 0.355 e. The molecule has 1 amide bonds. The monoisotopic (exact) mass is 426 g/mol. The van der Waals surface area contributed by atoms with Gasteiger partial charge >= 0.3 is 0 Å². The van der Waals surface area contributed by atoms with Crippen molar-refractivity contribution < 1.29 is 17.6 Å². The average molecular weight is 427 g/mol. The van der Waals surface area contributed by atoms with Crippen molar-refractivity contribution in [1.29, 1.82) is 0 Å². The van der Waals surface area contributed by atoms with Gasteiger partial charge in [-0.3, -0.25) is 9.79 Å². The molecule has 0 atom stereocenters. The topological polar surface area (TPSA) is 99.7 Å². The van der Waals surface area contributed by atoms with E-state index in [0.29, 0.717) is 30.2 Å². The summed E-state index contributed by atoms with van der Waals surface area (Å²) in [6.07, 6.45) is 6.53. The molecule has 0 heterocycles. The predicted octanol–water partition coefficient (Wildman–Crippen LogP) is 1.73. The normalized spacial score (nSPS) is 15.8. The molecule has 1 aliphatic rings. The van der Waals surface area contributed by atoms with Crippen molar-refractivity contribution in [3.05, 3.63) is 35.1 Å². The molecule has 0 aliphatic heterocycles. The van der Waals surface area contributed by atoms with Crippen LogP contribution in [0.3, 0.4) is 0 Å². The van der Waals surface area contributed by atoms with Gasteiger partial charge in [0.25, 0.3) is 0 Å². The number of benzene rings is 1. The first-order valence-corrected chi connectivity index (χ1v) is 12.0. The van der Waals surface area contributed by atoms with Crippen molar-refractivity contribution in [3.63, 3.8) is 0 Å². The van der Waals surface area contributed by atoms with Gasteiger partial charge in [-0.15, -0.1) is 0 Å². The quantitative estimate of drug-likeness (QED) is 0.334. The van der Waals surface area contributed by atoms with Gasteiger partial charge < -0.3 is 16.0 Å². The van der Waals surface area contributed by atoms with Gasteiger partial charge in [-0.05, 0) is 36.1 Å². The van der Waals surface area contributed by atoms with Gasteiger partial charge in [0, 0.05) is 38.9 Å². The fourth-order valence-electron chi connectivity index (χ4n) is 3.46. The van der Waals surface area contributed by atoms with Gasteiger partial charge in [0.05, 0.1) is 5.75 Å². The molecule has 0 unspecified atom stereocenters. The first-order valence-electron chi connectivity index (χ1n) is 9.96. The van der Waals surface area contributed by atoms with Gasteiger partial charge in [-0.1, -0.05) is 25.3 Å². The summed E-state index contributed by atoms with van der Waals surface area (Å²) in [6.45, 7) is 1.21. The number of sulfone groups is 1. The van der Waals surface area contributed by atoms with Crippen molar-refractivity contribution in [2.24, 2.45) is 10.9 Å². The van der Waals surface area contributed by atoms with Crippen molar-refractivity contribution in [2.75, 3.05) is 26.4 Å². The third-order valence-electron chi connectivity index (χ3n) is 4.95. The number of rotatable bonds is 8. The van der Waals surface area contributed by atoms with E-state index >= 15 is 0 Å². The maximum Gasteiger partial charge on any atom is 0.223 e. The Morgan fingerprint density at radius 3 is 2.45 bits per heavy atom. The summed E-state index contributed by atoms with van der Waals surface area (Å²) in [5.41, 5.74) is 1.11. The minimum Gasteiger partial charge on any atom is -0.355 e. The lowest BCUT2D eigenvalue weighted by molar-refractivity contribution is -0.125. The zero-order valence-electron chi connectivity index (χ0n) is 17.1. The summed E-state index contributed by atoms with van der Waals surface area (Å²) in [4.78, 5) is 16.2. The summed E-state index contributed by atoms with van der Waals surface area (Å²) < 4.78 is 36.8. The molecule has 1 aromatic rings. The predicted molar refractivity (Wildman–Crippen MR) is 113 cm³/mol. The molecule has 0 saturated heterocycles. The summed E-state index contributed by atoms with van der Waals surface area (Å²) in [7, 11) is -1.62. The van der Waals surface area contributed by atoms with Crippen LogP contribution in [0.5, 0.6) is 0 Å². The lowest BCUT2D eigenvalue weighted by Crippen LogP contribution is -2.42. The van der Waals surface area contributed by atoms with Crippen LogP contribution < -0.4 is 16.0 Å². The van der Waals surface area contributed by atoms with Crippen molar-refractivity contribution in [3.8, 4) is 0 Å². The molecule has 0 aromatic heterocycles. The Morgan fingerprint density at radius 2 is 1.79 bits per heavy atom. The van der Waals surface area contributed by atoms with Gasteiger partial charge in [0.1, 0.15) is 5.82 Å². The molecule has 0 spiro atoms. The SMILES string of the molecule is CN=C(NCCNC(=O)C1CCCCC1)NCc1cc(F)ccc1CS(C)(=O)=O. The summed E-state index contributed by atoms with van der Waals surface area (Å²) in [5.74, 6) is 0.157. The lowest BCUT2D eigenvalue weighted by atomic mass is 9.89. The van der Waals surface area contributed by atoms with Crippen LogP contribution >= 0.6 is 0 Å². The van der Waals surface area contributed by atoms with Gasteiger partial charge in [0.15, 0.2) is 15.8 Å². The zero-order chi connectivity index (χ0) is 21.3. The van der Waals surface area contributed by atoms with E-state index in [-0.39, 0.29) is 24.1 Å². The number of hydrogen-bond donors (Lipinski definition) is 3. The van der Waals surface area contributed by atoms with Crippen LogP contribution in [0.25, 0.3) is 0 Å². The number of nitrogens with one attached hydrogen (secondary N) is 3. The van der Waals surface area contributed by atoms with E-state index < -0.39 is 15.7 Å². The first-order chi connectivity index (χ1) is 13.8. The summed E-state index contributed by atoms with van der Waals surface area (Å²) >= 11 is 0. The Hall–Kier alpha value is -2.16. The standard InChI is InChI=1S/C20H31FN4O3S/c1-22-20(24-11-10-23-19(26)15-6-4-3-5-7-15)25-13-17-12-18(21)9-8-16(17)14-29(2,27)28/h8-9,12,15H,3-7,10-11,13-14H2,1-2H3,(H,23,26)(H2,22,24,25). The Bertz CT molecular complexity index is 821. The average Bonchev–Trinajstić information content (AvgIpc) is 2.68. The highest BCUT2D eigenvalue weighted by atomic mass is 32.2. The molecule has 1 aliphatic carbocycles. The molecular weight excluding hydrogens is 395 g/mol. The zero-order valence-corrected chi connectivity index (χ0v) is 17.9. The van der Waals surface area contributed by atoms with Crippen LogP contribution in [0, 0.1) is 11.7 Å². The molecule has 9 heteroatoms. The van der Waals surface area contributed by atoms with Crippen LogP contribution in [0.4, 0.5) is 4.39 Å². The summed E-state index contributed by atoms with van der Waals surface area (Å²) in [5, 5.41) is 9.10. The second-order valence-corrected chi connectivity index (χ2v) is 9.60. The maximum absolute atomic E-state index is 13.6. The highest BCUT2D eigenvalue weighted by molar-refractivity contribution is 7.89. The Morgan fingerprint density at radius 1 is 1.10 bits per heavy atom. The highest BCUT2D eigenvalue weighted by Crippen LogP contribution is 2.23. The second kappa shape index (κ2) is 11.1. The van der Waals surface area contributed by atoms with Crippen LogP contribution in [-0.2, 0) is 26.9 Å². The van der Waals surface area contributed by atoms with Crippen LogP contribution in [0.1, 0.15) is 43.2 Å². The van der Waals surface area contributed by atoms with E-state index in [1.54, 1.807) is 7.05 Å². The van der Waals surface area contributed by atoms with Gasteiger partial charge in [-0.25, -0.2) is 12.8 Å². The fraction of sp³-hybridized carbons (Fsp3) is 0.600. The molecule has 3 N–H and O–H groups in total. The van der Waals surface area contributed by atoms with Crippen molar-refractivity contribution in [2.45, 2.75) is 44.4 Å². The van der Waals surface area contributed by atoms with E-state index in [9.17, 15) is 17.6 Å². The Kier molecular flexibility index (Phi) is 8.88. The number of amides is 1. The highest BCUT2D eigenvalue weighted by Gasteiger charge is 2.20. The van der Waals surface area contributed by atoms with E-state index in [0.717, 1.165) is 31.9 Å². The number of guanidine groups is 1. The number of aliphatic imine (C=N–C) groups is 1. The van der Waals surface area contributed by atoms with E-state index in [1.165, 1.54) is 24.6 Å². The van der Waals surface area contributed by atoms with Crippen LogP contribution in [0.2, 0.25) is 0 Å². The molecular formula is C20H31FN4O3S. The third-order valence-corrected chi connectivity index (χ3v) is 5.78. The van der Waals surface area contributed by atoms with E-state index in [1.807, 2.05) is 0 Å². The lowest BCUT2D eigenvalue weighted by Gasteiger charge is -2.21. The molecule has 0 bridgehead atoms. The van der Waals surface area contributed by atoms with Crippen molar-refractivity contribution >= 4 is 21.7 Å². The molecule has 0 radical (unpaired) electrons. The minimum atomic E-state index is -3.23. The summed E-state index contributed by atoms with van der Waals surface area (Å²) in [6, 6.07) is 4.07. The maximum atomic E-state index is 13.6. The fourth-order valence-corrected chi connectivity index (χ4v) is 4.30. The number of hydrogen-bond acceptors (Lipinski definition) is 4. The van der Waals surface area contributed by atoms with E-state index in [4.69, 9.17) is 0 Å². The second-order valence-electron chi connectivity index (χ2n) is 7.46. The smallest absolute Gasteiger partial charge is 0.223 e. The number of halogens is 1. The molecule has 1 saturated carbocycles. The minimum absolute atomic E-state index is 0.111. The first kappa shape index (κ1) is 23.1. The number of carbonyl (C=O) groups is 1.